The number of carbonyl (C=O) groups excluding carboxylic acids is 1. The number of rotatable bonds is 0. The molecule has 0 aromatic rings. The lowest BCUT2D eigenvalue weighted by Crippen LogP contribution is -2.54. The molecule has 4 aliphatic rings. The van der Waals surface area contributed by atoms with E-state index in [0.717, 1.165) is 37.0 Å². The summed E-state index contributed by atoms with van der Waals surface area (Å²) in [5.41, 5.74) is 2.07. The first-order valence-electron chi connectivity index (χ1n) is 10.0. The van der Waals surface area contributed by atoms with Crippen LogP contribution in [-0.4, -0.2) is 5.78 Å². The maximum absolute atomic E-state index is 12.3. The second-order valence-electron chi connectivity index (χ2n) is 9.73. The molecule has 7 atom stereocenters. The van der Waals surface area contributed by atoms with E-state index in [9.17, 15) is 4.79 Å². The van der Waals surface area contributed by atoms with Gasteiger partial charge in [0.1, 0.15) is 5.78 Å². The van der Waals surface area contributed by atoms with E-state index in [0.29, 0.717) is 17.1 Å². The second-order valence-corrected chi connectivity index (χ2v) is 9.73. The molecule has 0 aromatic heterocycles. The number of Topliss-reactive ketones (excluding diaryl/α,β-unsaturated/α-hetero) is 1. The second kappa shape index (κ2) is 5.45. The lowest BCUT2D eigenvalue weighted by atomic mass is 9.44. The van der Waals surface area contributed by atoms with Crippen LogP contribution in [0.25, 0.3) is 0 Å². The first-order valence-corrected chi connectivity index (χ1v) is 10.0. The molecule has 0 radical (unpaired) electrons. The summed E-state index contributed by atoms with van der Waals surface area (Å²) in [4.78, 5) is 12.3. The van der Waals surface area contributed by atoms with Crippen LogP contribution in [0.5, 0.6) is 0 Å². The van der Waals surface area contributed by atoms with E-state index >= 15 is 0 Å². The Bertz CT molecular complexity index is 628. The Labute approximate surface area is 146 Å². The minimum absolute atomic E-state index is 0.260. The van der Waals surface area contributed by atoms with Gasteiger partial charge in [0, 0.05) is 18.4 Å². The number of ketones is 1. The first-order chi connectivity index (χ1) is 11.4. The van der Waals surface area contributed by atoms with Crippen molar-refractivity contribution in [3.63, 3.8) is 0 Å². The summed E-state index contributed by atoms with van der Waals surface area (Å²) in [6.45, 7) is 7.11. The van der Waals surface area contributed by atoms with Crippen LogP contribution < -0.4 is 0 Å². The largest absolute Gasteiger partial charge is 0.299 e. The van der Waals surface area contributed by atoms with E-state index in [2.05, 4.69) is 26.8 Å². The lowest BCUT2D eigenvalue weighted by molar-refractivity contribution is -0.143. The van der Waals surface area contributed by atoms with Crippen molar-refractivity contribution >= 4 is 5.78 Å². The fourth-order valence-electron chi connectivity index (χ4n) is 7.57. The van der Waals surface area contributed by atoms with E-state index < -0.39 is 0 Å². The van der Waals surface area contributed by atoms with Crippen LogP contribution in [0.3, 0.4) is 0 Å². The normalized spacial score (nSPS) is 52.3. The van der Waals surface area contributed by atoms with Crippen molar-refractivity contribution in [1.29, 1.82) is 5.26 Å². The number of nitriles is 1. The van der Waals surface area contributed by atoms with Crippen molar-refractivity contribution in [1.82, 2.24) is 0 Å². The standard InChI is InChI=1S/C22H31NO/c1-14-13-22(3)16(12-20(14)24)4-6-17-18-7-5-15(9-11-23)21(18,2)10-8-19(17)22/h9,14,16-19H,4-8,10,12-13H2,1-3H3/b15-9-/t14-,16?,17?,18?,19?,21?,22?/m0/s1. The number of hydrogen-bond acceptors (Lipinski definition) is 2. The fraction of sp³-hybridized carbons (Fsp3) is 0.818. The Morgan fingerprint density at radius 1 is 1.17 bits per heavy atom. The molecule has 6 unspecified atom stereocenters. The van der Waals surface area contributed by atoms with Crippen LogP contribution in [0.2, 0.25) is 0 Å². The molecule has 2 heteroatoms. The molecule has 0 amide bonds. The van der Waals surface area contributed by atoms with Gasteiger partial charge in [0.2, 0.25) is 0 Å². The highest BCUT2D eigenvalue weighted by molar-refractivity contribution is 5.82. The third-order valence-electron chi connectivity index (χ3n) is 8.90. The highest BCUT2D eigenvalue weighted by atomic mass is 16.1. The van der Waals surface area contributed by atoms with Crippen LogP contribution >= 0.6 is 0 Å². The number of carbonyl (C=O) groups is 1. The molecule has 0 N–H and O–H groups in total. The van der Waals surface area contributed by atoms with Gasteiger partial charge in [-0.1, -0.05) is 26.3 Å². The summed E-state index contributed by atoms with van der Waals surface area (Å²) in [7, 11) is 0. The number of nitrogens with zero attached hydrogens (tertiary/aromatic N) is 1. The molecule has 0 saturated heterocycles. The highest BCUT2D eigenvalue weighted by Crippen LogP contribution is 2.67. The predicted octanol–water partition coefficient (Wildman–Crippen LogP) is 5.29. The molecule has 0 heterocycles. The van der Waals surface area contributed by atoms with Gasteiger partial charge < -0.3 is 0 Å². The minimum Gasteiger partial charge on any atom is -0.299 e. The van der Waals surface area contributed by atoms with Crippen LogP contribution in [0.15, 0.2) is 11.6 Å². The van der Waals surface area contributed by atoms with Gasteiger partial charge in [-0.3, -0.25) is 4.79 Å². The molecule has 0 bridgehead atoms. The maximum Gasteiger partial charge on any atom is 0.136 e. The van der Waals surface area contributed by atoms with Crippen LogP contribution in [0.4, 0.5) is 0 Å². The van der Waals surface area contributed by atoms with Crippen molar-refractivity contribution in [2.45, 2.75) is 72.1 Å². The van der Waals surface area contributed by atoms with Crippen molar-refractivity contribution in [2.75, 3.05) is 0 Å². The zero-order valence-electron chi connectivity index (χ0n) is 15.5. The lowest BCUT2D eigenvalue weighted by Gasteiger charge is -2.60. The zero-order chi connectivity index (χ0) is 17.1. The van der Waals surface area contributed by atoms with Crippen molar-refractivity contribution < 1.29 is 4.79 Å². The fourth-order valence-corrected chi connectivity index (χ4v) is 7.57. The summed E-state index contributed by atoms with van der Waals surface area (Å²) < 4.78 is 0. The van der Waals surface area contributed by atoms with Crippen molar-refractivity contribution in [2.24, 2.45) is 40.4 Å². The van der Waals surface area contributed by atoms with E-state index in [1.54, 1.807) is 0 Å². The van der Waals surface area contributed by atoms with Crippen molar-refractivity contribution in [3.8, 4) is 6.07 Å². The molecule has 24 heavy (non-hydrogen) atoms. The third-order valence-corrected chi connectivity index (χ3v) is 8.90. The number of allylic oxidation sites excluding steroid dienone is 2. The minimum atomic E-state index is 0.260. The topological polar surface area (TPSA) is 40.9 Å². The van der Waals surface area contributed by atoms with Gasteiger partial charge in [0.15, 0.2) is 0 Å². The molecule has 2 nitrogen and oxygen atoms in total. The van der Waals surface area contributed by atoms with Gasteiger partial charge in [-0.25, -0.2) is 0 Å². The van der Waals surface area contributed by atoms with E-state index in [1.807, 2.05) is 6.08 Å². The maximum atomic E-state index is 12.3. The Balaban J connectivity index is 1.65. The molecule has 130 valence electrons. The van der Waals surface area contributed by atoms with Gasteiger partial charge in [-0.2, -0.15) is 5.26 Å². The van der Waals surface area contributed by atoms with Gasteiger partial charge in [-0.05, 0) is 79.4 Å². The van der Waals surface area contributed by atoms with Crippen LogP contribution in [0, 0.1) is 51.8 Å². The van der Waals surface area contributed by atoms with Gasteiger partial charge >= 0.3 is 0 Å². The van der Waals surface area contributed by atoms with Crippen LogP contribution in [0.1, 0.15) is 72.1 Å². The van der Waals surface area contributed by atoms with E-state index in [4.69, 9.17) is 5.26 Å². The third kappa shape index (κ3) is 2.09. The molecular weight excluding hydrogens is 294 g/mol. The van der Waals surface area contributed by atoms with Crippen LogP contribution in [-0.2, 0) is 4.79 Å². The Kier molecular flexibility index (Phi) is 3.72. The molecule has 4 rings (SSSR count). The Morgan fingerprint density at radius 2 is 1.96 bits per heavy atom. The van der Waals surface area contributed by atoms with E-state index in [1.165, 1.54) is 37.7 Å². The molecular formula is C22H31NO. The smallest absolute Gasteiger partial charge is 0.136 e. The van der Waals surface area contributed by atoms with Gasteiger partial charge in [0.25, 0.3) is 0 Å². The summed E-state index contributed by atoms with van der Waals surface area (Å²) in [5.74, 6) is 3.78. The van der Waals surface area contributed by atoms with Gasteiger partial charge in [0.05, 0.1) is 6.07 Å². The summed E-state index contributed by atoms with van der Waals surface area (Å²) in [6, 6.07) is 2.30. The quantitative estimate of drug-likeness (QED) is 0.567. The average Bonchev–Trinajstić information content (AvgIpc) is 2.86. The van der Waals surface area contributed by atoms with Gasteiger partial charge in [-0.15, -0.1) is 0 Å². The average molecular weight is 325 g/mol. The Hall–Kier alpha value is -1.10. The Morgan fingerprint density at radius 3 is 2.71 bits per heavy atom. The SMILES string of the molecule is C[C@H]1CC2(C)C(CCC3C4CC/C(=C/C#N)C4(C)CCC32)CC1=O. The molecule has 4 fully saturated rings. The highest BCUT2D eigenvalue weighted by Gasteiger charge is 2.59. The summed E-state index contributed by atoms with van der Waals surface area (Å²) in [5, 5.41) is 9.15. The monoisotopic (exact) mass is 325 g/mol. The molecule has 4 saturated carbocycles. The first kappa shape index (κ1) is 16.4. The molecule has 0 aromatic carbocycles. The van der Waals surface area contributed by atoms with E-state index in [-0.39, 0.29) is 11.3 Å². The summed E-state index contributed by atoms with van der Waals surface area (Å²) in [6.07, 6.45) is 11.3. The molecule has 4 aliphatic carbocycles. The predicted molar refractivity (Wildman–Crippen MR) is 95.0 cm³/mol. The zero-order valence-corrected chi connectivity index (χ0v) is 15.5. The van der Waals surface area contributed by atoms with Crippen molar-refractivity contribution in [3.05, 3.63) is 11.6 Å². The summed E-state index contributed by atoms with van der Waals surface area (Å²) >= 11 is 0. The number of fused-ring (bicyclic) bond motifs is 5. The number of hydrogen-bond donors (Lipinski definition) is 0. The molecule has 0 spiro atoms. The molecule has 0 aliphatic heterocycles.